The maximum Gasteiger partial charge on any atom is 0.190 e. The molecule has 4 aliphatic rings. The van der Waals surface area contributed by atoms with Gasteiger partial charge < -0.3 is 10.2 Å². The first-order valence-electron chi connectivity index (χ1n) is 10.3. The molecule has 4 nitrogen and oxygen atoms in total. The number of carbonyl (C=O) groups excluding carboxylic acids is 2. The number of aliphatic hydroxyl groups is 2. The van der Waals surface area contributed by atoms with Crippen LogP contribution in [-0.2, 0) is 9.59 Å². The maximum atomic E-state index is 12.5. The molecule has 0 radical (unpaired) electrons. The van der Waals surface area contributed by atoms with Crippen LogP contribution >= 0.6 is 0 Å². The van der Waals surface area contributed by atoms with Gasteiger partial charge in [0.25, 0.3) is 0 Å². The van der Waals surface area contributed by atoms with Gasteiger partial charge in [0.15, 0.2) is 5.78 Å². The molecule has 3 fully saturated rings. The van der Waals surface area contributed by atoms with Crippen molar-refractivity contribution < 1.29 is 19.8 Å². The van der Waals surface area contributed by atoms with Crippen LogP contribution in [0.25, 0.3) is 0 Å². The van der Waals surface area contributed by atoms with Crippen molar-refractivity contribution in [2.75, 3.05) is 6.61 Å². The van der Waals surface area contributed by atoms with Gasteiger partial charge in [0.1, 0.15) is 18.0 Å². The lowest BCUT2D eigenvalue weighted by Crippen LogP contribution is -2.58. The lowest BCUT2D eigenvalue weighted by atomic mass is 9.48. The highest BCUT2D eigenvalue weighted by atomic mass is 16.3. The van der Waals surface area contributed by atoms with Gasteiger partial charge in [0, 0.05) is 18.3 Å². The fraction of sp³-hybridized carbons (Fsp3) is 0.818. The van der Waals surface area contributed by atoms with Gasteiger partial charge in [-0.1, -0.05) is 32.4 Å². The van der Waals surface area contributed by atoms with Gasteiger partial charge in [0.2, 0.25) is 0 Å². The third kappa shape index (κ3) is 2.09. The first-order chi connectivity index (χ1) is 12.2. The second kappa shape index (κ2) is 5.75. The number of rotatable bonds is 2. The summed E-state index contributed by atoms with van der Waals surface area (Å²) in [5, 5.41) is 20.9. The van der Waals surface area contributed by atoms with Gasteiger partial charge >= 0.3 is 0 Å². The number of aliphatic hydroxyl groups excluding tert-OH is 1. The summed E-state index contributed by atoms with van der Waals surface area (Å²) in [5.41, 5.74) is -0.344. The minimum Gasteiger partial charge on any atom is -0.388 e. The predicted octanol–water partition coefficient (Wildman–Crippen LogP) is 3.06. The summed E-state index contributed by atoms with van der Waals surface area (Å²) in [5.74, 6) is 0.968. The number of ketones is 2. The van der Waals surface area contributed by atoms with E-state index in [1.54, 1.807) is 0 Å². The number of fused-ring (bicyclic) bond motifs is 5. The van der Waals surface area contributed by atoms with E-state index in [0.717, 1.165) is 25.7 Å². The summed E-state index contributed by atoms with van der Waals surface area (Å²) < 4.78 is 0. The number of carbonyl (C=O) groups is 2. The molecule has 144 valence electrons. The average Bonchev–Trinajstić information content (AvgIpc) is 2.83. The zero-order valence-electron chi connectivity index (χ0n) is 16.3. The summed E-state index contributed by atoms with van der Waals surface area (Å²) in [6.07, 6.45) is 8.28. The number of hydrogen-bond donors (Lipinski definition) is 2. The third-order valence-corrected chi connectivity index (χ3v) is 8.99. The van der Waals surface area contributed by atoms with Gasteiger partial charge in [0.05, 0.1) is 0 Å². The molecule has 7 atom stereocenters. The van der Waals surface area contributed by atoms with Crippen LogP contribution in [0.4, 0.5) is 0 Å². The van der Waals surface area contributed by atoms with Crippen LogP contribution in [0.15, 0.2) is 11.6 Å². The van der Waals surface area contributed by atoms with Crippen LogP contribution in [0, 0.1) is 34.5 Å². The van der Waals surface area contributed by atoms with E-state index < -0.39 is 23.4 Å². The Kier molecular flexibility index (Phi) is 4.06. The van der Waals surface area contributed by atoms with Crippen molar-refractivity contribution in [1.29, 1.82) is 0 Å². The molecule has 0 bridgehead atoms. The minimum atomic E-state index is -1.44. The number of hydrogen-bond acceptors (Lipinski definition) is 4. The zero-order chi connectivity index (χ0) is 18.9. The van der Waals surface area contributed by atoms with E-state index in [0.29, 0.717) is 36.9 Å². The van der Waals surface area contributed by atoms with Gasteiger partial charge in [-0.25, -0.2) is 0 Å². The van der Waals surface area contributed by atoms with Gasteiger partial charge in [-0.05, 0) is 61.2 Å². The van der Waals surface area contributed by atoms with E-state index in [1.165, 1.54) is 5.57 Å². The number of Topliss-reactive ketones (excluding diaryl/α,β-unsaturated/α-hetero) is 2. The molecule has 4 rings (SSSR count). The highest BCUT2D eigenvalue weighted by molar-refractivity contribution is 5.90. The highest BCUT2D eigenvalue weighted by Gasteiger charge is 2.67. The molecule has 0 aliphatic heterocycles. The first kappa shape index (κ1) is 18.4. The lowest BCUT2D eigenvalue weighted by molar-refractivity contribution is -0.162. The Morgan fingerprint density at radius 1 is 1.31 bits per heavy atom. The van der Waals surface area contributed by atoms with Crippen LogP contribution in [0.2, 0.25) is 0 Å². The Labute approximate surface area is 156 Å². The average molecular weight is 360 g/mol. The Hall–Kier alpha value is -1.00. The van der Waals surface area contributed by atoms with Crippen LogP contribution in [0.1, 0.15) is 65.7 Å². The molecule has 4 aliphatic carbocycles. The fourth-order valence-electron chi connectivity index (χ4n) is 7.38. The highest BCUT2D eigenvalue weighted by Crippen LogP contribution is 2.67. The number of allylic oxidation sites excluding steroid dienone is 2. The van der Waals surface area contributed by atoms with Crippen molar-refractivity contribution >= 4 is 11.6 Å². The smallest absolute Gasteiger partial charge is 0.190 e. The molecular formula is C22H32O4. The summed E-state index contributed by atoms with van der Waals surface area (Å²) >= 11 is 0. The Morgan fingerprint density at radius 3 is 2.73 bits per heavy atom. The molecule has 0 spiro atoms. The lowest BCUT2D eigenvalue weighted by Gasteiger charge is -2.56. The van der Waals surface area contributed by atoms with Crippen LogP contribution in [0.3, 0.4) is 0 Å². The van der Waals surface area contributed by atoms with Crippen LogP contribution in [0.5, 0.6) is 0 Å². The second-order valence-electron chi connectivity index (χ2n) is 9.91. The summed E-state index contributed by atoms with van der Waals surface area (Å²) in [6, 6.07) is 0. The van der Waals surface area contributed by atoms with E-state index in [-0.39, 0.29) is 17.3 Å². The van der Waals surface area contributed by atoms with Crippen LogP contribution < -0.4 is 0 Å². The Morgan fingerprint density at radius 2 is 2.04 bits per heavy atom. The van der Waals surface area contributed by atoms with E-state index in [1.807, 2.05) is 6.92 Å². The molecule has 0 amide bonds. The third-order valence-electron chi connectivity index (χ3n) is 8.99. The molecule has 2 N–H and O–H groups in total. The quantitative estimate of drug-likeness (QED) is 0.742. The van der Waals surface area contributed by atoms with Gasteiger partial charge in [-0.15, -0.1) is 0 Å². The SMILES string of the molecule is C[C@@H]1C[C@H]2[C@@H]3CC[C@H]4CC(=O)CC[C@]4(C)C3=CC[C@]2(C)[C@@]1(O)C(=O)CO. The molecule has 0 saturated heterocycles. The molecular weight excluding hydrogens is 328 g/mol. The summed E-state index contributed by atoms with van der Waals surface area (Å²) in [4.78, 5) is 24.5. The Balaban J connectivity index is 1.74. The van der Waals surface area contributed by atoms with E-state index in [9.17, 15) is 19.8 Å². The standard InChI is InChI=1S/C22H32O4/c1-13-10-18-16-5-4-14-11-15(24)6-8-20(14,2)17(16)7-9-21(18,3)22(13,26)19(25)12-23/h7,13-14,16,18,23,26H,4-6,8-12H2,1-3H3/t13-,14+,16-,18+,20+,21+,22+/m1/s1. The fourth-order valence-corrected chi connectivity index (χ4v) is 7.38. The molecule has 0 aromatic carbocycles. The second-order valence-corrected chi connectivity index (χ2v) is 9.91. The van der Waals surface area contributed by atoms with E-state index >= 15 is 0 Å². The molecule has 26 heavy (non-hydrogen) atoms. The molecule has 0 unspecified atom stereocenters. The maximum absolute atomic E-state index is 12.5. The van der Waals surface area contributed by atoms with Crippen LogP contribution in [-0.4, -0.2) is 34.0 Å². The molecule has 0 aromatic heterocycles. The summed E-state index contributed by atoms with van der Waals surface area (Å²) in [7, 11) is 0. The van der Waals surface area contributed by atoms with Crippen molar-refractivity contribution in [3.63, 3.8) is 0 Å². The van der Waals surface area contributed by atoms with Crippen molar-refractivity contribution in [2.45, 2.75) is 71.3 Å². The van der Waals surface area contributed by atoms with E-state index in [2.05, 4.69) is 19.9 Å². The molecule has 3 saturated carbocycles. The van der Waals surface area contributed by atoms with Crippen molar-refractivity contribution in [3.8, 4) is 0 Å². The topological polar surface area (TPSA) is 74.6 Å². The monoisotopic (exact) mass is 360 g/mol. The van der Waals surface area contributed by atoms with Crippen molar-refractivity contribution in [3.05, 3.63) is 11.6 Å². The molecule has 0 aromatic rings. The van der Waals surface area contributed by atoms with Gasteiger partial charge in [-0.3, -0.25) is 9.59 Å². The van der Waals surface area contributed by atoms with Gasteiger partial charge in [-0.2, -0.15) is 0 Å². The van der Waals surface area contributed by atoms with Crippen molar-refractivity contribution in [1.82, 2.24) is 0 Å². The molecule has 4 heteroatoms. The van der Waals surface area contributed by atoms with Crippen molar-refractivity contribution in [2.24, 2.45) is 34.5 Å². The predicted molar refractivity (Wildman–Crippen MR) is 98.3 cm³/mol. The first-order valence-corrected chi connectivity index (χ1v) is 10.3. The van der Waals surface area contributed by atoms with E-state index in [4.69, 9.17) is 0 Å². The largest absolute Gasteiger partial charge is 0.388 e. The summed E-state index contributed by atoms with van der Waals surface area (Å²) in [6.45, 7) is 5.77. The minimum absolute atomic E-state index is 0.100. The normalized spacial score (nSPS) is 50.5. The Bertz CT molecular complexity index is 682. The zero-order valence-corrected chi connectivity index (χ0v) is 16.3. The molecule has 0 heterocycles.